The lowest BCUT2D eigenvalue weighted by Crippen LogP contribution is -2.46. The number of carboxylic acid groups (broad SMARTS) is 1. The van der Waals surface area contributed by atoms with Crippen molar-refractivity contribution in [2.75, 3.05) is 19.6 Å². The Morgan fingerprint density at radius 1 is 1.14 bits per heavy atom. The number of likely N-dealkylation sites (tertiary alicyclic amines) is 1. The SMILES string of the molecule is CC(CNC(=O)C1CCCC(C(=O)O)C1)N1CCCCC1. The van der Waals surface area contributed by atoms with Crippen LogP contribution in [0.15, 0.2) is 0 Å². The molecule has 2 fully saturated rings. The fourth-order valence-corrected chi connectivity index (χ4v) is 3.53. The summed E-state index contributed by atoms with van der Waals surface area (Å²) >= 11 is 0. The van der Waals surface area contributed by atoms with Gasteiger partial charge in [0.25, 0.3) is 0 Å². The number of aliphatic carboxylic acids is 1. The van der Waals surface area contributed by atoms with Crippen LogP contribution in [0.2, 0.25) is 0 Å². The molecule has 1 saturated heterocycles. The van der Waals surface area contributed by atoms with E-state index in [1.165, 1.54) is 19.3 Å². The summed E-state index contributed by atoms with van der Waals surface area (Å²) in [6, 6.07) is 0.369. The van der Waals surface area contributed by atoms with Crippen molar-refractivity contribution < 1.29 is 14.7 Å². The van der Waals surface area contributed by atoms with Gasteiger partial charge in [-0.15, -0.1) is 0 Å². The van der Waals surface area contributed by atoms with E-state index in [-0.39, 0.29) is 17.7 Å². The Hall–Kier alpha value is -1.10. The Balaban J connectivity index is 1.74. The Morgan fingerprint density at radius 3 is 2.48 bits per heavy atom. The highest BCUT2D eigenvalue weighted by Crippen LogP contribution is 2.29. The topological polar surface area (TPSA) is 69.6 Å². The molecule has 0 radical (unpaired) electrons. The molecule has 0 aromatic carbocycles. The van der Waals surface area contributed by atoms with Crippen LogP contribution in [0.25, 0.3) is 0 Å². The fourth-order valence-electron chi connectivity index (χ4n) is 3.53. The third-order valence-corrected chi connectivity index (χ3v) is 4.98. The lowest BCUT2D eigenvalue weighted by molar-refractivity contribution is -0.144. The van der Waals surface area contributed by atoms with Gasteiger partial charge in [0.05, 0.1) is 5.92 Å². The average molecular weight is 296 g/mol. The number of amides is 1. The number of piperidine rings is 1. The van der Waals surface area contributed by atoms with Crippen LogP contribution < -0.4 is 5.32 Å². The van der Waals surface area contributed by atoms with E-state index in [0.29, 0.717) is 25.4 Å². The first-order valence-corrected chi connectivity index (χ1v) is 8.32. The quantitative estimate of drug-likeness (QED) is 0.812. The van der Waals surface area contributed by atoms with Crippen molar-refractivity contribution >= 4 is 11.9 Å². The van der Waals surface area contributed by atoms with Crippen LogP contribution in [0.3, 0.4) is 0 Å². The van der Waals surface area contributed by atoms with E-state index in [9.17, 15) is 9.59 Å². The normalized spacial score (nSPS) is 28.8. The minimum Gasteiger partial charge on any atom is -0.481 e. The molecule has 120 valence electrons. The maximum atomic E-state index is 12.2. The summed E-state index contributed by atoms with van der Waals surface area (Å²) in [5.74, 6) is -1.17. The zero-order valence-corrected chi connectivity index (χ0v) is 13.0. The third kappa shape index (κ3) is 4.70. The highest BCUT2D eigenvalue weighted by atomic mass is 16.4. The molecule has 1 heterocycles. The summed E-state index contributed by atoms with van der Waals surface area (Å²) in [6.07, 6.45) is 6.70. The predicted octanol–water partition coefficient (Wildman–Crippen LogP) is 1.87. The van der Waals surface area contributed by atoms with Crippen molar-refractivity contribution in [2.24, 2.45) is 11.8 Å². The highest BCUT2D eigenvalue weighted by molar-refractivity contribution is 5.80. The Kier molecular flexibility index (Phi) is 6.03. The smallest absolute Gasteiger partial charge is 0.306 e. The first-order valence-electron chi connectivity index (χ1n) is 8.32. The number of carbonyl (C=O) groups is 2. The minimum atomic E-state index is -0.755. The van der Waals surface area contributed by atoms with Crippen LogP contribution >= 0.6 is 0 Å². The summed E-state index contributed by atoms with van der Waals surface area (Å²) in [4.78, 5) is 25.7. The molecular formula is C16H28N2O3. The summed E-state index contributed by atoms with van der Waals surface area (Å²) < 4.78 is 0. The lowest BCUT2D eigenvalue weighted by Gasteiger charge is -2.33. The standard InChI is InChI=1S/C16H28N2O3/c1-12(18-8-3-2-4-9-18)11-17-15(19)13-6-5-7-14(10-13)16(20)21/h12-14H,2-11H2,1H3,(H,17,19)(H,20,21). The summed E-state index contributed by atoms with van der Waals surface area (Å²) in [7, 11) is 0. The van der Waals surface area contributed by atoms with E-state index in [1.807, 2.05) is 0 Å². The second-order valence-corrected chi connectivity index (χ2v) is 6.59. The summed E-state index contributed by atoms with van der Waals surface area (Å²) in [5.41, 5.74) is 0. The molecule has 0 bridgehead atoms. The van der Waals surface area contributed by atoms with Crippen LogP contribution in [-0.4, -0.2) is 47.6 Å². The van der Waals surface area contributed by atoms with Gasteiger partial charge in [-0.25, -0.2) is 0 Å². The van der Waals surface area contributed by atoms with Crippen LogP contribution in [0.5, 0.6) is 0 Å². The molecule has 3 atom stereocenters. The zero-order chi connectivity index (χ0) is 15.2. The van der Waals surface area contributed by atoms with E-state index in [4.69, 9.17) is 5.11 Å². The number of rotatable bonds is 5. The number of nitrogens with zero attached hydrogens (tertiary/aromatic N) is 1. The Bertz CT molecular complexity index is 367. The number of carboxylic acids is 1. The van der Waals surface area contributed by atoms with Crippen molar-refractivity contribution in [3.05, 3.63) is 0 Å². The van der Waals surface area contributed by atoms with Crippen molar-refractivity contribution in [1.29, 1.82) is 0 Å². The summed E-state index contributed by atoms with van der Waals surface area (Å²) in [6.45, 7) is 5.09. The van der Waals surface area contributed by atoms with Crippen molar-refractivity contribution in [3.8, 4) is 0 Å². The van der Waals surface area contributed by atoms with E-state index in [2.05, 4.69) is 17.1 Å². The zero-order valence-electron chi connectivity index (χ0n) is 13.0. The van der Waals surface area contributed by atoms with Gasteiger partial charge < -0.3 is 10.4 Å². The van der Waals surface area contributed by atoms with Crippen molar-refractivity contribution in [3.63, 3.8) is 0 Å². The van der Waals surface area contributed by atoms with E-state index >= 15 is 0 Å². The van der Waals surface area contributed by atoms with Gasteiger partial charge in [-0.3, -0.25) is 14.5 Å². The van der Waals surface area contributed by atoms with Gasteiger partial charge in [0.15, 0.2) is 0 Å². The first-order chi connectivity index (χ1) is 10.1. The average Bonchev–Trinajstić information content (AvgIpc) is 2.53. The molecule has 1 aliphatic heterocycles. The molecule has 1 saturated carbocycles. The van der Waals surface area contributed by atoms with Gasteiger partial charge in [-0.1, -0.05) is 12.8 Å². The van der Waals surface area contributed by atoms with Crippen molar-refractivity contribution in [1.82, 2.24) is 10.2 Å². The van der Waals surface area contributed by atoms with Crippen LogP contribution in [0, 0.1) is 11.8 Å². The van der Waals surface area contributed by atoms with Gasteiger partial charge in [0, 0.05) is 18.5 Å². The molecule has 21 heavy (non-hydrogen) atoms. The monoisotopic (exact) mass is 296 g/mol. The maximum Gasteiger partial charge on any atom is 0.306 e. The molecule has 2 rings (SSSR count). The maximum absolute atomic E-state index is 12.2. The number of nitrogens with one attached hydrogen (secondary N) is 1. The summed E-state index contributed by atoms with van der Waals surface area (Å²) in [5, 5.41) is 12.1. The molecule has 0 aromatic rings. The molecule has 1 amide bonds. The number of hydrogen-bond acceptors (Lipinski definition) is 3. The van der Waals surface area contributed by atoms with E-state index in [0.717, 1.165) is 25.9 Å². The third-order valence-electron chi connectivity index (χ3n) is 4.98. The molecule has 0 spiro atoms. The highest BCUT2D eigenvalue weighted by Gasteiger charge is 2.31. The molecule has 5 heteroatoms. The van der Waals surface area contributed by atoms with Gasteiger partial charge in [0.1, 0.15) is 0 Å². The molecular weight excluding hydrogens is 268 g/mol. The second kappa shape index (κ2) is 7.78. The van der Waals surface area contributed by atoms with Gasteiger partial charge in [0.2, 0.25) is 5.91 Å². The molecule has 2 aliphatic rings. The fraction of sp³-hybridized carbons (Fsp3) is 0.875. The molecule has 5 nitrogen and oxygen atoms in total. The van der Waals surface area contributed by atoms with Gasteiger partial charge in [-0.05, 0) is 52.1 Å². The molecule has 2 N–H and O–H groups in total. The lowest BCUT2D eigenvalue weighted by atomic mass is 9.81. The first kappa shape index (κ1) is 16.3. The largest absolute Gasteiger partial charge is 0.481 e. The number of hydrogen-bond donors (Lipinski definition) is 2. The molecule has 1 aliphatic carbocycles. The van der Waals surface area contributed by atoms with Crippen LogP contribution in [0.1, 0.15) is 51.9 Å². The minimum absolute atomic E-state index is 0.0461. The van der Waals surface area contributed by atoms with Crippen LogP contribution in [0.4, 0.5) is 0 Å². The van der Waals surface area contributed by atoms with Crippen LogP contribution in [-0.2, 0) is 9.59 Å². The Labute approximate surface area is 127 Å². The predicted molar refractivity (Wildman–Crippen MR) is 81.0 cm³/mol. The van der Waals surface area contributed by atoms with E-state index < -0.39 is 5.97 Å². The van der Waals surface area contributed by atoms with Gasteiger partial charge in [-0.2, -0.15) is 0 Å². The second-order valence-electron chi connectivity index (χ2n) is 6.59. The van der Waals surface area contributed by atoms with Crippen molar-refractivity contribution in [2.45, 2.75) is 57.9 Å². The Morgan fingerprint density at radius 2 is 1.81 bits per heavy atom. The van der Waals surface area contributed by atoms with Gasteiger partial charge >= 0.3 is 5.97 Å². The molecule has 0 aromatic heterocycles. The van der Waals surface area contributed by atoms with E-state index in [1.54, 1.807) is 0 Å². The molecule has 3 unspecified atom stereocenters. The number of carbonyl (C=O) groups excluding carboxylic acids is 1.